The summed E-state index contributed by atoms with van der Waals surface area (Å²) >= 11 is 0. The summed E-state index contributed by atoms with van der Waals surface area (Å²) in [6, 6.07) is -1.24. The van der Waals surface area contributed by atoms with Crippen LogP contribution >= 0.6 is 0 Å². The Morgan fingerprint density at radius 1 is 1.17 bits per heavy atom. The second-order valence-corrected chi connectivity index (χ2v) is 9.83. The number of carbonyl (C=O) groups excluding carboxylic acids is 2. The van der Waals surface area contributed by atoms with Crippen LogP contribution in [-0.2, 0) is 14.8 Å². The molecule has 0 aliphatic carbocycles. The van der Waals surface area contributed by atoms with Crippen LogP contribution in [0, 0.1) is 11.8 Å². The van der Waals surface area contributed by atoms with Crippen LogP contribution in [0.3, 0.4) is 0 Å². The van der Waals surface area contributed by atoms with Crippen molar-refractivity contribution in [1.29, 1.82) is 0 Å². The van der Waals surface area contributed by atoms with E-state index in [-0.39, 0.29) is 30.0 Å². The molecule has 0 aromatic carbocycles. The number of amides is 2. The van der Waals surface area contributed by atoms with E-state index >= 15 is 0 Å². The van der Waals surface area contributed by atoms with E-state index in [0.29, 0.717) is 13.0 Å². The highest BCUT2D eigenvalue weighted by Crippen LogP contribution is 2.15. The molecule has 1 heterocycles. The molecular formula is C18H32N4O7S. The van der Waals surface area contributed by atoms with Crippen LogP contribution < -0.4 is 15.4 Å². The Hall–Kier alpha value is -2.18. The van der Waals surface area contributed by atoms with Crippen molar-refractivity contribution in [1.82, 2.24) is 15.6 Å². The van der Waals surface area contributed by atoms with Crippen LogP contribution in [0.4, 0.5) is 6.01 Å². The molecule has 0 aliphatic rings. The number of nitrogens with one attached hydrogen (secondary N) is 3. The monoisotopic (exact) mass is 448 g/mol. The van der Waals surface area contributed by atoms with E-state index in [1.165, 1.54) is 0 Å². The molecule has 11 nitrogen and oxygen atoms in total. The van der Waals surface area contributed by atoms with Gasteiger partial charge >= 0.3 is 6.01 Å². The topological polar surface area (TPSA) is 171 Å². The number of sulfonamides is 1. The number of oxazole rings is 1. The molecule has 1 aromatic heterocycles. The maximum absolute atomic E-state index is 12.5. The van der Waals surface area contributed by atoms with Gasteiger partial charge in [-0.05, 0) is 18.3 Å². The van der Waals surface area contributed by atoms with Gasteiger partial charge in [0.1, 0.15) is 12.4 Å². The van der Waals surface area contributed by atoms with E-state index < -0.39 is 40.1 Å². The Balaban J connectivity index is 2.80. The minimum absolute atomic E-state index is 0.0617. The van der Waals surface area contributed by atoms with E-state index in [1.54, 1.807) is 0 Å². The Bertz CT molecular complexity index is 807. The summed E-state index contributed by atoms with van der Waals surface area (Å²) in [5.74, 6) is -0.820. The average Bonchev–Trinajstić information content (AvgIpc) is 3.04. The van der Waals surface area contributed by atoms with Crippen LogP contribution in [0.15, 0.2) is 10.7 Å². The second-order valence-electron chi connectivity index (χ2n) is 8.08. The first-order valence-electron chi connectivity index (χ1n) is 9.65. The van der Waals surface area contributed by atoms with Gasteiger partial charge in [0.25, 0.3) is 5.91 Å². The summed E-state index contributed by atoms with van der Waals surface area (Å²) in [5.41, 5.74) is -0.203. The molecule has 0 spiro atoms. The van der Waals surface area contributed by atoms with Gasteiger partial charge in [-0.25, -0.2) is 13.1 Å². The predicted octanol–water partition coefficient (Wildman–Crippen LogP) is 0.0747. The lowest BCUT2D eigenvalue weighted by Gasteiger charge is -2.28. The summed E-state index contributed by atoms with van der Waals surface area (Å²) in [6.45, 7) is 8.06. The molecule has 0 aliphatic heterocycles. The normalized spacial score (nSPS) is 15.0. The molecule has 1 aromatic rings. The number of aromatic nitrogens is 1. The molecule has 0 fully saturated rings. The summed E-state index contributed by atoms with van der Waals surface area (Å²) in [4.78, 5) is 28.1. The SMILES string of the molecule is CC(C)CNC(=O)C[C@@H](O)[C@H](O)[C@H](CC(C)C)NC(=O)c1coc(NS(C)(=O)=O)n1. The van der Waals surface area contributed by atoms with Crippen LogP contribution in [0.2, 0.25) is 0 Å². The summed E-state index contributed by atoms with van der Waals surface area (Å²) in [6.07, 6.45) is -0.904. The summed E-state index contributed by atoms with van der Waals surface area (Å²) in [5, 5.41) is 26.0. The Labute approximate surface area is 176 Å². The molecule has 1 rings (SSSR count). The lowest BCUT2D eigenvalue weighted by Crippen LogP contribution is -2.50. The number of carbonyl (C=O) groups is 2. The number of nitrogens with zero attached hydrogens (tertiary/aromatic N) is 1. The Morgan fingerprint density at radius 3 is 2.33 bits per heavy atom. The Kier molecular flexibility index (Phi) is 9.72. The number of hydrogen-bond donors (Lipinski definition) is 5. The van der Waals surface area contributed by atoms with Gasteiger partial charge in [0.05, 0.1) is 24.8 Å². The van der Waals surface area contributed by atoms with Crippen LogP contribution in [-0.4, -0.2) is 66.5 Å². The third-order valence-corrected chi connectivity index (χ3v) is 4.51. The van der Waals surface area contributed by atoms with E-state index in [0.717, 1.165) is 12.5 Å². The van der Waals surface area contributed by atoms with Crippen LogP contribution in [0.5, 0.6) is 0 Å². The minimum atomic E-state index is -3.62. The van der Waals surface area contributed by atoms with Gasteiger partial charge in [-0.3, -0.25) is 9.59 Å². The maximum Gasteiger partial charge on any atom is 0.309 e. The largest absolute Gasteiger partial charge is 0.431 e. The van der Waals surface area contributed by atoms with Crippen molar-refractivity contribution in [2.45, 2.75) is 58.8 Å². The fraction of sp³-hybridized carbons (Fsp3) is 0.722. The van der Waals surface area contributed by atoms with E-state index in [1.807, 2.05) is 32.4 Å². The van der Waals surface area contributed by atoms with Crippen molar-refractivity contribution in [3.63, 3.8) is 0 Å². The second kappa shape index (κ2) is 11.3. The highest BCUT2D eigenvalue weighted by Gasteiger charge is 2.30. The zero-order valence-electron chi connectivity index (χ0n) is 17.9. The zero-order chi connectivity index (χ0) is 23.1. The number of aliphatic hydroxyl groups excluding tert-OH is 2. The van der Waals surface area contributed by atoms with Crippen molar-refractivity contribution in [2.75, 3.05) is 17.5 Å². The first-order valence-corrected chi connectivity index (χ1v) is 11.5. The van der Waals surface area contributed by atoms with E-state index in [4.69, 9.17) is 4.42 Å². The van der Waals surface area contributed by atoms with Crippen molar-refractivity contribution >= 4 is 27.9 Å². The van der Waals surface area contributed by atoms with Gasteiger partial charge in [0.15, 0.2) is 5.69 Å². The third kappa shape index (κ3) is 9.55. The van der Waals surface area contributed by atoms with Crippen LogP contribution in [0.1, 0.15) is 51.0 Å². The molecule has 0 saturated heterocycles. The molecule has 172 valence electrons. The molecule has 3 atom stereocenters. The quantitative estimate of drug-likeness (QED) is 0.299. The molecular weight excluding hydrogens is 416 g/mol. The van der Waals surface area contributed by atoms with Crippen molar-refractivity contribution < 1.29 is 32.6 Å². The van der Waals surface area contributed by atoms with Gasteiger partial charge in [-0.15, -0.1) is 0 Å². The molecule has 0 unspecified atom stereocenters. The Morgan fingerprint density at radius 2 is 1.80 bits per heavy atom. The van der Waals surface area contributed by atoms with Crippen LogP contribution in [0.25, 0.3) is 0 Å². The predicted molar refractivity (Wildman–Crippen MR) is 110 cm³/mol. The fourth-order valence-corrected chi connectivity index (χ4v) is 3.00. The maximum atomic E-state index is 12.5. The summed E-state index contributed by atoms with van der Waals surface area (Å²) in [7, 11) is -3.62. The molecule has 0 saturated carbocycles. The standard InChI is InChI=1S/C18H32N4O7S/c1-10(2)6-12(16(25)14(23)7-15(24)19-8-11(3)4)20-17(26)13-9-29-18(21-13)22-30(5,27)28/h9-12,14,16,23,25H,6-8H2,1-5H3,(H,19,24)(H,20,26)(H,21,22)/t12-,14+,16+/m0/s1. The third-order valence-electron chi connectivity index (χ3n) is 3.96. The minimum Gasteiger partial charge on any atom is -0.431 e. The average molecular weight is 449 g/mol. The number of aliphatic hydroxyl groups is 2. The van der Waals surface area contributed by atoms with E-state index in [9.17, 15) is 28.2 Å². The first-order chi connectivity index (χ1) is 13.8. The molecule has 0 radical (unpaired) electrons. The first kappa shape index (κ1) is 25.9. The summed E-state index contributed by atoms with van der Waals surface area (Å²) < 4.78 is 29.3. The van der Waals surface area contributed by atoms with Gasteiger partial charge in [0.2, 0.25) is 15.9 Å². The lowest BCUT2D eigenvalue weighted by molar-refractivity contribution is -0.125. The number of anilines is 1. The lowest BCUT2D eigenvalue weighted by atomic mass is 9.94. The zero-order valence-corrected chi connectivity index (χ0v) is 18.7. The molecule has 0 bridgehead atoms. The molecule has 30 heavy (non-hydrogen) atoms. The number of hydrogen-bond acceptors (Lipinski definition) is 8. The van der Waals surface area contributed by atoms with Crippen molar-refractivity contribution in [2.24, 2.45) is 11.8 Å². The molecule has 2 amide bonds. The van der Waals surface area contributed by atoms with Gasteiger partial charge in [0, 0.05) is 6.54 Å². The van der Waals surface area contributed by atoms with Crippen molar-refractivity contribution in [3.05, 3.63) is 12.0 Å². The van der Waals surface area contributed by atoms with Gasteiger partial charge < -0.3 is 25.3 Å². The smallest absolute Gasteiger partial charge is 0.309 e. The van der Waals surface area contributed by atoms with Gasteiger partial charge in [-0.2, -0.15) is 4.98 Å². The fourth-order valence-electron chi connectivity index (χ4n) is 2.59. The van der Waals surface area contributed by atoms with Gasteiger partial charge in [-0.1, -0.05) is 27.7 Å². The number of rotatable bonds is 12. The molecule has 12 heteroatoms. The van der Waals surface area contributed by atoms with E-state index in [2.05, 4.69) is 15.6 Å². The molecule has 5 N–H and O–H groups in total. The highest BCUT2D eigenvalue weighted by molar-refractivity contribution is 7.91. The highest BCUT2D eigenvalue weighted by atomic mass is 32.2. The van der Waals surface area contributed by atoms with Crippen molar-refractivity contribution in [3.8, 4) is 0 Å².